The van der Waals surface area contributed by atoms with Crippen LogP contribution in [0.25, 0.3) is 0 Å². The first-order valence-corrected chi connectivity index (χ1v) is 6.13. The van der Waals surface area contributed by atoms with Gasteiger partial charge in [0.15, 0.2) is 0 Å². The Balaban J connectivity index is 2.25. The van der Waals surface area contributed by atoms with Crippen LogP contribution in [0.15, 0.2) is 12.1 Å². The van der Waals surface area contributed by atoms with Gasteiger partial charge in [-0.15, -0.1) is 0 Å². The number of amides is 1. The maximum absolute atomic E-state index is 12.6. The van der Waals surface area contributed by atoms with E-state index in [0.29, 0.717) is 18.5 Å². The van der Waals surface area contributed by atoms with Crippen molar-refractivity contribution in [2.24, 2.45) is 5.84 Å². The van der Waals surface area contributed by atoms with E-state index in [-0.39, 0.29) is 17.4 Å². The lowest BCUT2D eigenvalue weighted by molar-refractivity contribution is -0.141. The number of rotatable bonds is 4. The van der Waals surface area contributed by atoms with Gasteiger partial charge in [-0.05, 0) is 31.9 Å². The quantitative estimate of drug-likeness (QED) is 0.655. The molecule has 0 aliphatic heterocycles. The Morgan fingerprint density at radius 2 is 2.15 bits per heavy atom. The number of pyridine rings is 1. The summed E-state index contributed by atoms with van der Waals surface area (Å²) in [6.45, 7) is 0.409. The summed E-state index contributed by atoms with van der Waals surface area (Å²) in [5.41, 5.74) is 2.95. The summed E-state index contributed by atoms with van der Waals surface area (Å²) in [6.07, 6.45) is -3.20. The number of nitrogens with zero attached hydrogens (tertiary/aromatic N) is 2. The van der Waals surface area contributed by atoms with Gasteiger partial charge in [-0.25, -0.2) is 10.8 Å². The molecule has 0 saturated heterocycles. The van der Waals surface area contributed by atoms with E-state index in [2.05, 4.69) is 10.4 Å². The molecule has 3 N–H and O–H groups in total. The summed E-state index contributed by atoms with van der Waals surface area (Å²) < 4.78 is 37.7. The lowest BCUT2D eigenvalue weighted by atomic mass is 10.2. The smallest absolute Gasteiger partial charge is 0.327 e. The molecule has 1 heterocycles. The van der Waals surface area contributed by atoms with E-state index < -0.39 is 18.6 Å². The number of hydrogen-bond donors (Lipinski definition) is 2. The van der Waals surface area contributed by atoms with Crippen LogP contribution >= 0.6 is 0 Å². The van der Waals surface area contributed by atoms with Gasteiger partial charge >= 0.3 is 6.18 Å². The summed E-state index contributed by atoms with van der Waals surface area (Å²) in [5.74, 6) is 4.82. The molecule has 1 aliphatic rings. The Kier molecular flexibility index (Phi) is 3.85. The lowest BCUT2D eigenvalue weighted by Gasteiger charge is -2.24. The fourth-order valence-corrected chi connectivity index (χ4v) is 1.98. The van der Waals surface area contributed by atoms with Gasteiger partial charge in [0, 0.05) is 17.3 Å². The minimum Gasteiger partial charge on any atom is -0.327 e. The predicted octanol–water partition coefficient (Wildman–Crippen LogP) is 1.84. The second kappa shape index (κ2) is 5.28. The third-order valence-electron chi connectivity index (χ3n) is 2.95. The van der Waals surface area contributed by atoms with Gasteiger partial charge in [0.05, 0.1) is 0 Å². The van der Waals surface area contributed by atoms with Gasteiger partial charge < -0.3 is 10.3 Å². The molecule has 1 fully saturated rings. The van der Waals surface area contributed by atoms with Gasteiger partial charge in [-0.3, -0.25) is 4.79 Å². The molecule has 110 valence electrons. The van der Waals surface area contributed by atoms with Gasteiger partial charge in [0.2, 0.25) is 0 Å². The van der Waals surface area contributed by atoms with Crippen LogP contribution in [0.1, 0.15) is 28.9 Å². The zero-order valence-corrected chi connectivity index (χ0v) is 10.9. The molecule has 1 aromatic rings. The third-order valence-corrected chi connectivity index (χ3v) is 2.95. The molecule has 8 heteroatoms. The standard InChI is InChI=1S/C12H15F3N4O/c1-7-4-8(5-10(17-7)18-16)11(20)19(9-2-3-9)6-12(13,14)15/h4-5,9H,2-3,6,16H2,1H3,(H,17,18). The van der Waals surface area contributed by atoms with E-state index in [9.17, 15) is 18.0 Å². The van der Waals surface area contributed by atoms with Gasteiger partial charge in [-0.1, -0.05) is 0 Å². The van der Waals surface area contributed by atoms with Gasteiger partial charge in [-0.2, -0.15) is 13.2 Å². The number of nitrogen functional groups attached to an aromatic ring is 1. The van der Waals surface area contributed by atoms with Crippen molar-refractivity contribution in [3.8, 4) is 0 Å². The number of carbonyl (C=O) groups is 1. The summed E-state index contributed by atoms with van der Waals surface area (Å²) >= 11 is 0. The highest BCUT2D eigenvalue weighted by atomic mass is 19.4. The molecule has 0 unspecified atom stereocenters. The molecular weight excluding hydrogens is 273 g/mol. The van der Waals surface area contributed by atoms with Crippen LogP contribution in [0.2, 0.25) is 0 Å². The second-order valence-electron chi connectivity index (χ2n) is 4.81. The topological polar surface area (TPSA) is 71.2 Å². The third kappa shape index (κ3) is 3.60. The molecule has 1 saturated carbocycles. The van der Waals surface area contributed by atoms with Crippen LogP contribution in [-0.4, -0.2) is 34.6 Å². The number of hydrazine groups is 1. The zero-order valence-electron chi connectivity index (χ0n) is 10.9. The first-order chi connectivity index (χ1) is 9.30. The molecule has 0 atom stereocenters. The van der Waals surface area contributed by atoms with Crippen molar-refractivity contribution in [2.75, 3.05) is 12.0 Å². The maximum Gasteiger partial charge on any atom is 0.406 e. The minimum absolute atomic E-state index is 0.154. The number of anilines is 1. The van der Waals surface area contributed by atoms with Crippen molar-refractivity contribution in [3.05, 3.63) is 23.4 Å². The summed E-state index contributed by atoms with van der Waals surface area (Å²) in [6, 6.07) is 2.47. The van der Waals surface area contributed by atoms with E-state index >= 15 is 0 Å². The molecule has 0 bridgehead atoms. The van der Waals surface area contributed by atoms with Gasteiger partial charge in [0.25, 0.3) is 5.91 Å². The molecule has 5 nitrogen and oxygen atoms in total. The predicted molar refractivity (Wildman–Crippen MR) is 66.9 cm³/mol. The first-order valence-electron chi connectivity index (χ1n) is 6.13. The fourth-order valence-electron chi connectivity index (χ4n) is 1.98. The SMILES string of the molecule is Cc1cc(C(=O)N(CC(F)(F)F)C2CC2)cc(NN)n1. The Morgan fingerprint density at radius 1 is 1.50 bits per heavy atom. The molecule has 2 rings (SSSR count). The monoisotopic (exact) mass is 288 g/mol. The van der Waals surface area contributed by atoms with Gasteiger partial charge in [0.1, 0.15) is 12.4 Å². The Hall–Kier alpha value is -1.83. The first kappa shape index (κ1) is 14.6. The maximum atomic E-state index is 12.6. The van der Waals surface area contributed by atoms with Crippen molar-refractivity contribution >= 4 is 11.7 Å². The fraction of sp³-hybridized carbons (Fsp3) is 0.500. The van der Waals surface area contributed by atoms with Crippen molar-refractivity contribution in [1.29, 1.82) is 0 Å². The van der Waals surface area contributed by atoms with Crippen LogP contribution in [-0.2, 0) is 0 Å². The van der Waals surface area contributed by atoms with Crippen LogP contribution in [0.5, 0.6) is 0 Å². The lowest BCUT2D eigenvalue weighted by Crippen LogP contribution is -2.40. The molecule has 0 spiro atoms. The average Bonchev–Trinajstić information content (AvgIpc) is 3.17. The van der Waals surface area contributed by atoms with Crippen molar-refractivity contribution in [1.82, 2.24) is 9.88 Å². The molecule has 0 aromatic carbocycles. The number of nitrogens with two attached hydrogens (primary N) is 1. The summed E-state index contributed by atoms with van der Waals surface area (Å²) in [4.78, 5) is 17.1. The van der Waals surface area contributed by atoms with E-state index in [0.717, 1.165) is 4.90 Å². The number of alkyl halides is 3. The minimum atomic E-state index is -4.41. The Morgan fingerprint density at radius 3 is 2.65 bits per heavy atom. The molecule has 1 aromatic heterocycles. The molecule has 1 aliphatic carbocycles. The number of carbonyl (C=O) groups excluding carboxylic acids is 1. The largest absolute Gasteiger partial charge is 0.406 e. The number of nitrogens with one attached hydrogen (secondary N) is 1. The molecule has 20 heavy (non-hydrogen) atoms. The van der Waals surface area contributed by atoms with Crippen LogP contribution in [0.3, 0.4) is 0 Å². The highest BCUT2D eigenvalue weighted by Crippen LogP contribution is 2.31. The molecular formula is C12H15F3N4O. The summed E-state index contributed by atoms with van der Waals surface area (Å²) in [7, 11) is 0. The van der Waals surface area contributed by atoms with E-state index in [4.69, 9.17) is 5.84 Å². The average molecular weight is 288 g/mol. The molecule has 1 amide bonds. The Labute approximate surface area is 113 Å². The van der Waals surface area contributed by atoms with Crippen molar-refractivity contribution in [2.45, 2.75) is 32.0 Å². The van der Waals surface area contributed by atoms with E-state index in [1.165, 1.54) is 12.1 Å². The zero-order chi connectivity index (χ0) is 14.9. The van der Waals surface area contributed by atoms with Crippen molar-refractivity contribution < 1.29 is 18.0 Å². The molecule has 0 radical (unpaired) electrons. The number of halogens is 3. The number of aryl methyl sites for hydroxylation is 1. The van der Waals surface area contributed by atoms with Crippen LogP contribution in [0.4, 0.5) is 19.0 Å². The van der Waals surface area contributed by atoms with Crippen LogP contribution in [0, 0.1) is 6.92 Å². The van der Waals surface area contributed by atoms with Crippen molar-refractivity contribution in [3.63, 3.8) is 0 Å². The highest BCUT2D eigenvalue weighted by Gasteiger charge is 2.40. The normalized spacial score (nSPS) is 15.1. The van der Waals surface area contributed by atoms with E-state index in [1.54, 1.807) is 6.92 Å². The number of aromatic nitrogens is 1. The number of hydrogen-bond acceptors (Lipinski definition) is 4. The Bertz CT molecular complexity index is 514. The van der Waals surface area contributed by atoms with E-state index in [1.807, 2.05) is 0 Å². The van der Waals surface area contributed by atoms with Crippen LogP contribution < -0.4 is 11.3 Å². The summed E-state index contributed by atoms with van der Waals surface area (Å²) in [5, 5.41) is 0. The second-order valence-corrected chi connectivity index (χ2v) is 4.81. The highest BCUT2D eigenvalue weighted by molar-refractivity contribution is 5.95.